The third-order valence-corrected chi connectivity index (χ3v) is 3.69. The molecule has 2 aromatic rings. The number of carbonyl (C=O) groups is 1. The van der Waals surface area contributed by atoms with Crippen LogP contribution in [0.5, 0.6) is 5.75 Å². The molecule has 0 unspecified atom stereocenters. The molecule has 0 saturated heterocycles. The lowest BCUT2D eigenvalue weighted by atomic mass is 10.1. The van der Waals surface area contributed by atoms with Crippen molar-refractivity contribution in [2.45, 2.75) is 33.6 Å². The Bertz CT molecular complexity index is 689. The summed E-state index contributed by atoms with van der Waals surface area (Å²) < 4.78 is 5.51. The quantitative estimate of drug-likeness (QED) is 0.613. The minimum absolute atomic E-state index is 0.235. The molecule has 1 amide bonds. The van der Waals surface area contributed by atoms with Crippen LogP contribution < -0.4 is 10.2 Å². The highest BCUT2D eigenvalue weighted by Gasteiger charge is 2.05. The highest BCUT2D eigenvalue weighted by atomic mass is 16.5. The molecule has 1 N–H and O–H groups in total. The molecule has 0 fully saturated rings. The van der Waals surface area contributed by atoms with Crippen molar-refractivity contribution in [3.63, 3.8) is 0 Å². The average Bonchev–Trinajstić information content (AvgIpc) is 2.64. The molecular formula is C20H24N2O2. The van der Waals surface area contributed by atoms with Gasteiger partial charge in [0.15, 0.2) is 0 Å². The summed E-state index contributed by atoms with van der Waals surface area (Å²) >= 11 is 0. The Morgan fingerprint density at radius 2 is 1.62 bits per heavy atom. The number of hydrogen-bond donors (Lipinski definition) is 1. The predicted molar refractivity (Wildman–Crippen MR) is 97.7 cm³/mol. The predicted octanol–water partition coefficient (Wildman–Crippen LogP) is 4.19. The highest BCUT2D eigenvalue weighted by molar-refractivity contribution is 6.00. The van der Waals surface area contributed by atoms with Crippen molar-refractivity contribution in [3.05, 3.63) is 65.2 Å². The van der Waals surface area contributed by atoms with E-state index in [4.69, 9.17) is 4.74 Å². The second kappa shape index (κ2) is 8.87. The van der Waals surface area contributed by atoms with E-state index in [0.717, 1.165) is 29.9 Å². The Morgan fingerprint density at radius 3 is 2.21 bits per heavy atom. The zero-order valence-corrected chi connectivity index (χ0v) is 14.5. The van der Waals surface area contributed by atoms with Crippen molar-refractivity contribution in [2.75, 3.05) is 6.61 Å². The van der Waals surface area contributed by atoms with Crippen molar-refractivity contribution in [3.8, 4) is 5.75 Å². The van der Waals surface area contributed by atoms with Gasteiger partial charge in [-0.3, -0.25) is 4.79 Å². The molecule has 0 aliphatic heterocycles. The van der Waals surface area contributed by atoms with Gasteiger partial charge >= 0.3 is 0 Å². The van der Waals surface area contributed by atoms with Crippen LogP contribution in [-0.2, 0) is 6.42 Å². The SMILES string of the molecule is CCCOc1ccc(C(=O)N/N=C(\C)c2ccc(CC)cc2)cc1. The summed E-state index contributed by atoms with van der Waals surface area (Å²) in [6.45, 7) is 6.72. The molecule has 0 radical (unpaired) electrons. The Labute approximate surface area is 143 Å². The largest absolute Gasteiger partial charge is 0.494 e. The molecule has 0 aromatic heterocycles. The first-order valence-corrected chi connectivity index (χ1v) is 8.30. The molecule has 2 rings (SSSR count). The van der Waals surface area contributed by atoms with Gasteiger partial charge in [0.2, 0.25) is 0 Å². The van der Waals surface area contributed by atoms with Gasteiger partial charge in [-0.05, 0) is 55.2 Å². The van der Waals surface area contributed by atoms with Crippen LogP contribution in [0, 0.1) is 0 Å². The van der Waals surface area contributed by atoms with Crippen molar-refractivity contribution >= 4 is 11.6 Å². The first-order chi connectivity index (χ1) is 11.6. The van der Waals surface area contributed by atoms with Crippen LogP contribution in [0.2, 0.25) is 0 Å². The van der Waals surface area contributed by atoms with Crippen LogP contribution in [-0.4, -0.2) is 18.2 Å². The van der Waals surface area contributed by atoms with E-state index in [9.17, 15) is 4.79 Å². The lowest BCUT2D eigenvalue weighted by molar-refractivity contribution is 0.0955. The van der Waals surface area contributed by atoms with Gasteiger partial charge in [-0.15, -0.1) is 0 Å². The minimum Gasteiger partial charge on any atom is -0.494 e. The molecule has 0 aliphatic carbocycles. The second-order valence-electron chi connectivity index (χ2n) is 5.56. The van der Waals surface area contributed by atoms with Crippen LogP contribution in [0.3, 0.4) is 0 Å². The number of nitrogens with zero attached hydrogens (tertiary/aromatic N) is 1. The normalized spacial score (nSPS) is 11.2. The number of ether oxygens (including phenoxy) is 1. The second-order valence-corrected chi connectivity index (χ2v) is 5.56. The zero-order valence-electron chi connectivity index (χ0n) is 14.5. The molecule has 0 heterocycles. The molecule has 0 atom stereocenters. The first-order valence-electron chi connectivity index (χ1n) is 8.30. The van der Waals surface area contributed by atoms with E-state index in [1.807, 2.05) is 19.1 Å². The monoisotopic (exact) mass is 324 g/mol. The van der Waals surface area contributed by atoms with E-state index in [2.05, 4.69) is 36.5 Å². The van der Waals surface area contributed by atoms with Gasteiger partial charge in [0.1, 0.15) is 5.75 Å². The number of aryl methyl sites for hydroxylation is 1. The van der Waals surface area contributed by atoms with Gasteiger partial charge in [-0.2, -0.15) is 5.10 Å². The molecule has 4 nitrogen and oxygen atoms in total. The molecule has 0 aliphatic rings. The van der Waals surface area contributed by atoms with Crippen LogP contribution in [0.25, 0.3) is 0 Å². The lowest BCUT2D eigenvalue weighted by Crippen LogP contribution is -2.19. The van der Waals surface area contributed by atoms with Gasteiger partial charge in [-0.1, -0.05) is 38.1 Å². The summed E-state index contributed by atoms with van der Waals surface area (Å²) in [4.78, 5) is 12.1. The summed E-state index contributed by atoms with van der Waals surface area (Å²) in [7, 11) is 0. The molecule has 24 heavy (non-hydrogen) atoms. The maximum absolute atomic E-state index is 12.1. The van der Waals surface area contributed by atoms with E-state index in [1.54, 1.807) is 24.3 Å². The maximum Gasteiger partial charge on any atom is 0.271 e. The van der Waals surface area contributed by atoms with Crippen molar-refractivity contribution in [2.24, 2.45) is 5.10 Å². The molecule has 0 spiro atoms. The fourth-order valence-electron chi connectivity index (χ4n) is 2.17. The molecule has 0 bridgehead atoms. The van der Waals surface area contributed by atoms with Crippen molar-refractivity contribution < 1.29 is 9.53 Å². The van der Waals surface area contributed by atoms with Crippen LogP contribution in [0.15, 0.2) is 53.6 Å². The van der Waals surface area contributed by atoms with E-state index >= 15 is 0 Å². The fraction of sp³-hybridized carbons (Fsp3) is 0.300. The van der Waals surface area contributed by atoms with E-state index in [-0.39, 0.29) is 5.91 Å². The van der Waals surface area contributed by atoms with Gasteiger partial charge in [-0.25, -0.2) is 5.43 Å². The summed E-state index contributed by atoms with van der Waals surface area (Å²) in [5.41, 5.74) is 6.20. The zero-order chi connectivity index (χ0) is 17.4. The summed E-state index contributed by atoms with van der Waals surface area (Å²) in [5.74, 6) is 0.533. The number of rotatable bonds is 7. The van der Waals surface area contributed by atoms with Crippen LogP contribution >= 0.6 is 0 Å². The number of amides is 1. The number of carbonyl (C=O) groups excluding carboxylic acids is 1. The summed E-state index contributed by atoms with van der Waals surface area (Å²) in [6.07, 6.45) is 1.96. The third kappa shape index (κ3) is 4.95. The third-order valence-electron chi connectivity index (χ3n) is 3.69. The molecular weight excluding hydrogens is 300 g/mol. The van der Waals surface area contributed by atoms with Crippen LogP contribution in [0.1, 0.15) is 48.7 Å². The van der Waals surface area contributed by atoms with E-state index in [0.29, 0.717) is 12.2 Å². The number of hydrazone groups is 1. The lowest BCUT2D eigenvalue weighted by Gasteiger charge is -2.06. The molecule has 2 aromatic carbocycles. The Kier molecular flexibility index (Phi) is 6.55. The Balaban J connectivity index is 1.97. The number of benzene rings is 2. The van der Waals surface area contributed by atoms with E-state index < -0.39 is 0 Å². The van der Waals surface area contributed by atoms with E-state index in [1.165, 1.54) is 5.56 Å². The standard InChI is InChI=1S/C20H24N2O2/c1-4-14-24-19-12-10-18(11-13-19)20(23)22-21-15(3)17-8-6-16(5-2)7-9-17/h6-13H,4-5,14H2,1-3H3,(H,22,23)/b21-15+. The van der Waals surface area contributed by atoms with Gasteiger partial charge in [0.25, 0.3) is 5.91 Å². The topological polar surface area (TPSA) is 50.7 Å². The van der Waals surface area contributed by atoms with Gasteiger partial charge < -0.3 is 4.74 Å². The Morgan fingerprint density at radius 1 is 1.00 bits per heavy atom. The summed E-state index contributed by atoms with van der Waals surface area (Å²) in [6, 6.07) is 15.3. The van der Waals surface area contributed by atoms with Crippen molar-refractivity contribution in [1.29, 1.82) is 0 Å². The number of hydrogen-bond acceptors (Lipinski definition) is 3. The smallest absolute Gasteiger partial charge is 0.271 e. The highest BCUT2D eigenvalue weighted by Crippen LogP contribution is 2.12. The molecule has 126 valence electrons. The van der Waals surface area contributed by atoms with Gasteiger partial charge in [0.05, 0.1) is 12.3 Å². The first kappa shape index (κ1) is 17.7. The van der Waals surface area contributed by atoms with Crippen molar-refractivity contribution in [1.82, 2.24) is 5.43 Å². The molecule has 4 heteroatoms. The maximum atomic E-state index is 12.1. The summed E-state index contributed by atoms with van der Waals surface area (Å²) in [5, 5.41) is 4.18. The van der Waals surface area contributed by atoms with Gasteiger partial charge in [0, 0.05) is 5.56 Å². The Hall–Kier alpha value is -2.62. The minimum atomic E-state index is -0.235. The van der Waals surface area contributed by atoms with Crippen LogP contribution in [0.4, 0.5) is 0 Å². The fourth-order valence-corrected chi connectivity index (χ4v) is 2.17. The molecule has 0 saturated carbocycles. The average molecular weight is 324 g/mol. The number of nitrogens with one attached hydrogen (secondary N) is 1.